The van der Waals surface area contributed by atoms with Crippen LogP contribution >= 0.6 is 0 Å². The molecule has 288 valence electrons. The van der Waals surface area contributed by atoms with Crippen molar-refractivity contribution < 1.29 is 0 Å². The molecule has 4 heteroatoms. The Morgan fingerprint density at radius 1 is 0.426 bits per heavy atom. The van der Waals surface area contributed by atoms with Crippen molar-refractivity contribution in [2.24, 2.45) is 0 Å². The Morgan fingerprint density at radius 2 is 1.02 bits per heavy atom. The molecule has 0 atom stereocenters. The van der Waals surface area contributed by atoms with Crippen molar-refractivity contribution >= 4 is 90.8 Å². The van der Waals surface area contributed by atoms with Crippen LogP contribution in [0.25, 0.3) is 38.6 Å². The fourth-order valence-corrected chi connectivity index (χ4v) is 16.4. The molecule has 2 aliphatic heterocycles. The highest BCUT2D eigenvalue weighted by molar-refractivity contribution is 7.22. The fraction of sp³-hybridized carbons (Fsp3) is 0.0526. The number of para-hydroxylation sites is 4. The summed E-state index contributed by atoms with van der Waals surface area (Å²) in [5, 5.41) is 8.18. The molecule has 2 nitrogen and oxygen atoms in total. The van der Waals surface area contributed by atoms with Crippen LogP contribution in [-0.2, 0) is 0 Å². The van der Waals surface area contributed by atoms with Gasteiger partial charge in [-0.05, 0) is 106 Å². The third kappa shape index (κ3) is 5.16. The monoisotopic (exact) mass is 794 g/mol. The summed E-state index contributed by atoms with van der Waals surface area (Å²) >= 11 is 0. The molecule has 0 unspecified atom stereocenters. The van der Waals surface area contributed by atoms with Gasteiger partial charge in [0.25, 0.3) is 0 Å². The summed E-state index contributed by atoms with van der Waals surface area (Å²) in [4.78, 5) is 2.64. The zero-order valence-electron chi connectivity index (χ0n) is 34.6. The number of fused-ring (bicyclic) bond motifs is 7. The van der Waals surface area contributed by atoms with Crippen molar-refractivity contribution in [1.82, 2.24) is 4.57 Å². The second-order valence-corrected chi connectivity index (χ2v) is 20.7. The van der Waals surface area contributed by atoms with Crippen LogP contribution in [0.3, 0.4) is 0 Å². The van der Waals surface area contributed by atoms with Crippen LogP contribution < -0.4 is 42.0 Å². The molecular formula is C57H43BN2Si. The fourth-order valence-electron chi connectivity index (χ4n) is 11.3. The average Bonchev–Trinajstić information content (AvgIpc) is 3.64. The highest BCUT2D eigenvalue weighted by atomic mass is 28.3. The second kappa shape index (κ2) is 13.7. The average molecular weight is 795 g/mol. The molecule has 0 N–H and O–H groups in total. The highest BCUT2D eigenvalue weighted by Gasteiger charge is 2.52. The van der Waals surface area contributed by atoms with Crippen LogP contribution in [0.1, 0.15) is 16.7 Å². The summed E-state index contributed by atoms with van der Waals surface area (Å²) < 4.78 is 2.40. The van der Waals surface area contributed by atoms with E-state index in [-0.39, 0.29) is 6.71 Å². The van der Waals surface area contributed by atoms with Gasteiger partial charge in [0.2, 0.25) is 6.71 Å². The van der Waals surface area contributed by atoms with Crippen LogP contribution in [0.5, 0.6) is 0 Å². The molecule has 12 rings (SSSR count). The first-order chi connectivity index (χ1) is 30.0. The Kier molecular flexibility index (Phi) is 8.04. The summed E-state index contributed by atoms with van der Waals surface area (Å²) in [5.41, 5.74) is 18.1. The minimum absolute atomic E-state index is 0.0929. The van der Waals surface area contributed by atoms with Crippen LogP contribution in [-0.4, -0.2) is 19.4 Å². The maximum absolute atomic E-state index is 2.90. The van der Waals surface area contributed by atoms with Crippen molar-refractivity contribution in [1.29, 1.82) is 0 Å². The normalized spacial score (nSPS) is 13.6. The van der Waals surface area contributed by atoms with E-state index in [0.717, 1.165) is 0 Å². The number of anilines is 3. The maximum Gasteiger partial charge on any atom is 0.247 e. The van der Waals surface area contributed by atoms with Crippen LogP contribution in [0.15, 0.2) is 206 Å². The lowest BCUT2D eigenvalue weighted by Gasteiger charge is -2.49. The Hall–Kier alpha value is -7.14. The van der Waals surface area contributed by atoms with Crippen LogP contribution in [0.2, 0.25) is 0 Å². The second-order valence-electron chi connectivity index (χ2n) is 17.0. The Labute approximate surface area is 359 Å². The quantitative estimate of drug-likeness (QED) is 0.158. The van der Waals surface area contributed by atoms with Crippen LogP contribution in [0.4, 0.5) is 17.1 Å². The van der Waals surface area contributed by atoms with Gasteiger partial charge in [-0.2, -0.15) is 0 Å². The van der Waals surface area contributed by atoms with E-state index in [2.05, 4.69) is 236 Å². The van der Waals surface area contributed by atoms with Gasteiger partial charge in [0.05, 0.1) is 11.0 Å². The summed E-state index contributed by atoms with van der Waals surface area (Å²) in [5.74, 6) is 0. The van der Waals surface area contributed by atoms with Gasteiger partial charge in [-0.3, -0.25) is 0 Å². The summed E-state index contributed by atoms with van der Waals surface area (Å²) in [6.45, 7) is 6.93. The first-order valence-corrected chi connectivity index (χ1v) is 23.5. The van der Waals surface area contributed by atoms with Crippen molar-refractivity contribution in [2.75, 3.05) is 4.90 Å². The van der Waals surface area contributed by atoms with Gasteiger partial charge in [-0.1, -0.05) is 186 Å². The molecule has 0 spiro atoms. The molecule has 10 aromatic rings. The largest absolute Gasteiger partial charge is 0.312 e. The predicted octanol–water partition coefficient (Wildman–Crippen LogP) is 9.37. The van der Waals surface area contributed by atoms with Gasteiger partial charge < -0.3 is 9.47 Å². The molecule has 0 fully saturated rings. The molecular weight excluding hydrogens is 752 g/mol. The number of aromatic nitrogens is 1. The molecule has 61 heavy (non-hydrogen) atoms. The van der Waals surface area contributed by atoms with Crippen molar-refractivity contribution in [3.05, 3.63) is 223 Å². The zero-order chi connectivity index (χ0) is 40.8. The minimum atomic E-state index is -2.90. The molecule has 1 aromatic heterocycles. The molecule has 3 heterocycles. The first kappa shape index (κ1) is 35.8. The first-order valence-electron chi connectivity index (χ1n) is 21.5. The van der Waals surface area contributed by atoms with E-state index in [1.54, 1.807) is 0 Å². The molecule has 0 saturated heterocycles. The van der Waals surface area contributed by atoms with Crippen molar-refractivity contribution in [2.45, 2.75) is 20.8 Å². The van der Waals surface area contributed by atoms with Gasteiger partial charge in [0.15, 0.2) is 8.07 Å². The zero-order valence-corrected chi connectivity index (χ0v) is 35.6. The SMILES string of the molecule is Cc1cc(C)c(B2c3ccccc3N3c4cc(-c5ccc6c(c5)c5ccccc5n6-c5ccccc5)ccc4[Si](c4ccccc4)(c4ccccc4)c4cccc2c43)c(C)c1. The Balaban J connectivity index is 1.17. The van der Waals surface area contributed by atoms with Gasteiger partial charge in [-0.25, -0.2) is 0 Å². The molecule has 0 aliphatic carbocycles. The van der Waals surface area contributed by atoms with Gasteiger partial charge >= 0.3 is 0 Å². The lowest BCUT2D eigenvalue weighted by molar-refractivity contribution is 1.18. The van der Waals surface area contributed by atoms with E-state index in [4.69, 9.17) is 0 Å². The molecule has 9 aromatic carbocycles. The summed E-state index contributed by atoms with van der Waals surface area (Å²) in [7, 11) is -2.90. The third-order valence-corrected chi connectivity index (χ3v) is 18.4. The van der Waals surface area contributed by atoms with Gasteiger partial charge in [0, 0.05) is 33.5 Å². The molecule has 2 aliphatic rings. The van der Waals surface area contributed by atoms with Crippen molar-refractivity contribution in [3.8, 4) is 16.8 Å². The van der Waals surface area contributed by atoms with Gasteiger partial charge in [-0.15, -0.1) is 0 Å². The standard InChI is InChI=1S/C57H43BN2Si/c1-38-34-39(2)56(40(3)35-38)58-48-25-14-16-28-52(48)60-53-37-42(41-30-32-51-47(36-41)46-24-13-15-27-50(46)59(51)43-18-7-4-8-19-43)31-33-54(53)61(44-20-9-5-10-21-44,45-22-11-6-12-23-45)55-29-17-26-49(58)57(55)60/h4-37H,1-3H3. The number of rotatable bonds is 5. The van der Waals surface area contributed by atoms with Crippen LogP contribution in [0, 0.1) is 20.8 Å². The highest BCUT2D eigenvalue weighted by Crippen LogP contribution is 2.42. The van der Waals surface area contributed by atoms with E-state index in [1.165, 1.54) is 110 Å². The smallest absolute Gasteiger partial charge is 0.247 e. The third-order valence-electron chi connectivity index (χ3n) is 13.6. The lowest BCUT2D eigenvalue weighted by atomic mass is 9.34. The molecule has 0 radical (unpaired) electrons. The summed E-state index contributed by atoms with van der Waals surface area (Å²) in [6, 6.07) is 78.1. The number of hydrogen-bond acceptors (Lipinski definition) is 1. The number of nitrogens with zero attached hydrogens (tertiary/aromatic N) is 2. The van der Waals surface area contributed by atoms with E-state index in [9.17, 15) is 0 Å². The molecule has 0 saturated carbocycles. The Bertz CT molecular complexity index is 3290. The van der Waals surface area contributed by atoms with E-state index in [1.807, 2.05) is 0 Å². The number of hydrogen-bond donors (Lipinski definition) is 0. The Morgan fingerprint density at radius 3 is 1.75 bits per heavy atom. The predicted molar refractivity (Wildman–Crippen MR) is 263 cm³/mol. The number of benzene rings is 9. The van der Waals surface area contributed by atoms with E-state index < -0.39 is 8.07 Å². The van der Waals surface area contributed by atoms with E-state index in [0.29, 0.717) is 0 Å². The lowest BCUT2D eigenvalue weighted by Crippen LogP contribution is -2.78. The topological polar surface area (TPSA) is 8.17 Å². The van der Waals surface area contributed by atoms with E-state index >= 15 is 0 Å². The molecule has 0 amide bonds. The van der Waals surface area contributed by atoms with Gasteiger partial charge in [0.1, 0.15) is 0 Å². The maximum atomic E-state index is 2.64. The summed E-state index contributed by atoms with van der Waals surface area (Å²) in [6.07, 6.45) is 0. The molecule has 0 bridgehead atoms. The van der Waals surface area contributed by atoms with Crippen molar-refractivity contribution in [3.63, 3.8) is 0 Å². The minimum Gasteiger partial charge on any atom is -0.312 e. The number of aryl methyl sites for hydroxylation is 3.